The summed E-state index contributed by atoms with van der Waals surface area (Å²) in [6.45, 7) is 9.83. The summed E-state index contributed by atoms with van der Waals surface area (Å²) in [5, 5.41) is 2.62. The van der Waals surface area contributed by atoms with Gasteiger partial charge in [0, 0.05) is 12.8 Å². The molecule has 1 amide bonds. The lowest BCUT2D eigenvalue weighted by Crippen LogP contribution is -2.47. The van der Waals surface area contributed by atoms with Crippen LogP contribution in [0.15, 0.2) is 16.7 Å². The average molecular weight is 547 g/mol. The normalized spacial score (nSPS) is 23.1. The zero-order valence-electron chi connectivity index (χ0n) is 23.1. The van der Waals surface area contributed by atoms with Gasteiger partial charge >= 0.3 is 12.1 Å². The molecule has 3 heterocycles. The summed E-state index contributed by atoms with van der Waals surface area (Å²) in [7, 11) is 0. The summed E-state index contributed by atoms with van der Waals surface area (Å²) in [5.41, 5.74) is 5.40. The van der Waals surface area contributed by atoms with Crippen molar-refractivity contribution < 1.29 is 28.5 Å². The zero-order chi connectivity index (χ0) is 28.4. The Bertz CT molecular complexity index is 1290. The number of amides is 1. The zero-order valence-corrected chi connectivity index (χ0v) is 23.1. The number of aromatic nitrogens is 4. The predicted molar refractivity (Wildman–Crippen MR) is 142 cm³/mol. The van der Waals surface area contributed by atoms with Gasteiger partial charge in [-0.3, -0.25) is 14.3 Å². The number of rotatable bonds is 9. The van der Waals surface area contributed by atoms with Crippen molar-refractivity contribution in [3.63, 3.8) is 0 Å². The molecule has 2 aliphatic rings. The van der Waals surface area contributed by atoms with Gasteiger partial charge in [0.2, 0.25) is 5.95 Å². The highest BCUT2D eigenvalue weighted by molar-refractivity contribution is 5.82. The van der Waals surface area contributed by atoms with Crippen LogP contribution in [0.25, 0.3) is 17.4 Å². The third-order valence-corrected chi connectivity index (χ3v) is 6.60. The minimum absolute atomic E-state index is 0.0152. The van der Waals surface area contributed by atoms with Crippen LogP contribution in [-0.4, -0.2) is 69.3 Å². The van der Waals surface area contributed by atoms with Crippen LogP contribution < -0.4 is 16.6 Å². The van der Waals surface area contributed by atoms with Crippen molar-refractivity contribution in [3.05, 3.63) is 22.3 Å². The van der Waals surface area contributed by atoms with E-state index >= 15 is 0 Å². The molecule has 2 aromatic rings. The molecule has 0 unspecified atom stereocenters. The van der Waals surface area contributed by atoms with Crippen LogP contribution in [0, 0.1) is 11.3 Å². The van der Waals surface area contributed by atoms with Gasteiger partial charge < -0.3 is 30.0 Å². The number of alkyl carbamates (subject to hydrolysis) is 1. The number of esters is 1. The lowest BCUT2D eigenvalue weighted by Gasteiger charge is -2.27. The molecule has 2 fully saturated rings. The van der Waals surface area contributed by atoms with E-state index in [9.17, 15) is 14.4 Å². The van der Waals surface area contributed by atoms with Gasteiger partial charge in [-0.15, -0.1) is 0 Å². The fraction of sp³-hybridized carbons (Fsp3) is 0.654. The van der Waals surface area contributed by atoms with Gasteiger partial charge in [0.25, 0.3) is 5.56 Å². The highest BCUT2D eigenvalue weighted by Crippen LogP contribution is 2.53. The molecule has 3 atom stereocenters. The molecule has 1 aliphatic heterocycles. The fourth-order valence-electron chi connectivity index (χ4n) is 4.36. The molecule has 4 N–H and O–H groups in total. The molecular formula is C26H38N6O7. The molecule has 0 aromatic carbocycles. The number of carbonyl (C=O) groups excluding carboxylic acids is 2. The lowest BCUT2D eigenvalue weighted by molar-refractivity contribution is -0.175. The molecule has 1 saturated carbocycles. The van der Waals surface area contributed by atoms with Crippen molar-refractivity contribution in [1.29, 1.82) is 0 Å². The largest absolute Gasteiger partial charge is 0.463 e. The van der Waals surface area contributed by atoms with Gasteiger partial charge in [0.15, 0.2) is 17.5 Å². The quantitative estimate of drug-likeness (QED) is 0.397. The number of fused-ring (bicyclic) bond motifs is 1. The van der Waals surface area contributed by atoms with Crippen molar-refractivity contribution in [1.82, 2.24) is 24.8 Å². The standard InChI is InChI=1S/C26H38N6O7/c1-15(2)18(29-24(35)39-25(3,4)5)22(34)38-13-26(12-37-17-8-6-7-9-36-17)10-16(26)11-32-14-28-19-20(32)30-23(27)31-21(19)33/h11,14-15,17-18H,6-10,12-13H2,1-5H3,(H,29,35)(H3,27,30,31,33)/b16-11-/t17-,18-,26+/m0/s1. The van der Waals surface area contributed by atoms with Gasteiger partial charge in [0.1, 0.15) is 24.6 Å². The van der Waals surface area contributed by atoms with Gasteiger partial charge in [-0.25, -0.2) is 14.6 Å². The second-order valence-corrected chi connectivity index (χ2v) is 11.5. The van der Waals surface area contributed by atoms with E-state index in [0.29, 0.717) is 18.7 Å². The number of aromatic amines is 1. The molecule has 13 heteroatoms. The van der Waals surface area contributed by atoms with E-state index in [-0.39, 0.29) is 36.9 Å². The van der Waals surface area contributed by atoms with Crippen molar-refractivity contribution in [3.8, 4) is 0 Å². The Morgan fingerprint density at radius 2 is 2.10 bits per heavy atom. The molecule has 0 spiro atoms. The summed E-state index contributed by atoms with van der Waals surface area (Å²) in [6.07, 6.45) is 5.67. The van der Waals surface area contributed by atoms with E-state index in [1.807, 2.05) is 13.8 Å². The molecule has 4 rings (SSSR count). The van der Waals surface area contributed by atoms with Crippen LogP contribution in [0.2, 0.25) is 0 Å². The van der Waals surface area contributed by atoms with Crippen molar-refractivity contribution in [2.75, 3.05) is 25.6 Å². The van der Waals surface area contributed by atoms with Gasteiger partial charge in [-0.05, 0) is 57.9 Å². The van der Waals surface area contributed by atoms with Crippen LogP contribution in [0.3, 0.4) is 0 Å². The van der Waals surface area contributed by atoms with Crippen molar-refractivity contribution in [2.45, 2.75) is 78.2 Å². The molecule has 39 heavy (non-hydrogen) atoms. The van der Waals surface area contributed by atoms with E-state index in [4.69, 9.17) is 24.7 Å². The van der Waals surface area contributed by atoms with Crippen molar-refractivity contribution in [2.24, 2.45) is 11.3 Å². The maximum absolute atomic E-state index is 13.1. The maximum Gasteiger partial charge on any atom is 0.408 e. The number of ether oxygens (including phenoxy) is 4. The van der Waals surface area contributed by atoms with Crippen molar-refractivity contribution >= 4 is 35.4 Å². The van der Waals surface area contributed by atoms with Crippen LogP contribution in [0.1, 0.15) is 60.3 Å². The van der Waals surface area contributed by atoms with Gasteiger partial charge in [0.05, 0.1) is 12.0 Å². The molecule has 1 aliphatic carbocycles. The maximum atomic E-state index is 13.1. The van der Waals surface area contributed by atoms with Crippen LogP contribution in [0.5, 0.6) is 0 Å². The first-order valence-electron chi connectivity index (χ1n) is 13.2. The van der Waals surface area contributed by atoms with Crippen LogP contribution >= 0.6 is 0 Å². The number of nitrogens with zero attached hydrogens (tertiary/aromatic N) is 3. The highest BCUT2D eigenvalue weighted by atomic mass is 16.7. The summed E-state index contributed by atoms with van der Waals surface area (Å²) >= 11 is 0. The van der Waals surface area contributed by atoms with E-state index in [1.54, 1.807) is 31.5 Å². The Hall–Kier alpha value is -3.45. The third kappa shape index (κ3) is 7.15. The average Bonchev–Trinajstić information content (AvgIpc) is 3.38. The summed E-state index contributed by atoms with van der Waals surface area (Å²) < 4.78 is 24.5. The van der Waals surface area contributed by atoms with Crippen LogP contribution in [0.4, 0.5) is 10.7 Å². The number of nitrogen functional groups attached to an aromatic ring is 1. The molecule has 0 bridgehead atoms. The minimum atomic E-state index is -0.887. The monoisotopic (exact) mass is 546 g/mol. The van der Waals surface area contributed by atoms with E-state index < -0.39 is 34.7 Å². The van der Waals surface area contributed by atoms with E-state index in [1.165, 1.54) is 6.33 Å². The minimum Gasteiger partial charge on any atom is -0.463 e. The number of H-pyrrole nitrogens is 1. The first-order chi connectivity index (χ1) is 18.4. The summed E-state index contributed by atoms with van der Waals surface area (Å²) in [4.78, 5) is 48.4. The first kappa shape index (κ1) is 28.6. The van der Waals surface area contributed by atoms with E-state index in [0.717, 1.165) is 24.8 Å². The smallest absolute Gasteiger partial charge is 0.408 e. The molecule has 0 radical (unpaired) electrons. The second-order valence-electron chi connectivity index (χ2n) is 11.5. The third-order valence-electron chi connectivity index (χ3n) is 6.60. The van der Waals surface area contributed by atoms with Gasteiger partial charge in [-0.1, -0.05) is 13.8 Å². The topological polar surface area (TPSA) is 173 Å². The Morgan fingerprint density at radius 3 is 2.77 bits per heavy atom. The number of nitrogens with one attached hydrogen (secondary N) is 2. The highest BCUT2D eigenvalue weighted by Gasteiger charge is 2.51. The summed E-state index contributed by atoms with van der Waals surface area (Å²) in [6, 6.07) is -0.887. The fourth-order valence-corrected chi connectivity index (χ4v) is 4.36. The Kier molecular flexibility index (Phi) is 8.31. The Labute approximate surface area is 226 Å². The second kappa shape index (κ2) is 11.3. The SMILES string of the molecule is CC(C)[C@H](NC(=O)OC(C)(C)C)C(=O)OC[C@]1(CO[C@H]2CCCCO2)C/C1=C/n1cnc2c(=O)[nH]c(N)nc21. The first-order valence-corrected chi connectivity index (χ1v) is 13.2. The number of anilines is 1. The predicted octanol–water partition coefficient (Wildman–Crippen LogP) is 2.57. The number of hydrogen-bond donors (Lipinski definition) is 3. The van der Waals surface area contributed by atoms with E-state index in [2.05, 4.69) is 20.3 Å². The molecular weight excluding hydrogens is 508 g/mol. The van der Waals surface area contributed by atoms with Crippen LogP contribution in [-0.2, 0) is 23.7 Å². The number of carbonyl (C=O) groups is 2. The summed E-state index contributed by atoms with van der Waals surface area (Å²) in [5.74, 6) is -0.808. The molecule has 1 saturated heterocycles. The van der Waals surface area contributed by atoms with Gasteiger partial charge in [-0.2, -0.15) is 4.98 Å². The number of nitrogens with two attached hydrogens (primary N) is 1. The number of imidazole rings is 1. The molecule has 13 nitrogen and oxygen atoms in total. The number of hydrogen-bond acceptors (Lipinski definition) is 10. The molecule has 2 aromatic heterocycles. The lowest BCUT2D eigenvalue weighted by atomic mass is 10.0. The molecule has 214 valence electrons. The Balaban J connectivity index is 1.50. The Morgan fingerprint density at radius 1 is 1.33 bits per heavy atom.